The molecule has 0 amide bonds. The zero-order valence-corrected chi connectivity index (χ0v) is 17.6. The Bertz CT molecular complexity index is 1070. The largest absolute Gasteiger partial charge is 0.497 e. The maximum Gasteiger partial charge on any atom is 0.292 e. The molecule has 6 nitrogen and oxygen atoms in total. The Balaban J connectivity index is 1.75. The van der Waals surface area contributed by atoms with Gasteiger partial charge in [0.2, 0.25) is 0 Å². The number of aromatic nitrogens is 2. The zero-order valence-electron chi connectivity index (χ0n) is 16.8. The van der Waals surface area contributed by atoms with Gasteiger partial charge in [-0.15, -0.1) is 0 Å². The number of hydrogen-bond acceptors (Lipinski definition) is 5. The number of hydrogen-bond donors (Lipinski definition) is 1. The van der Waals surface area contributed by atoms with E-state index in [9.17, 15) is 4.79 Å². The van der Waals surface area contributed by atoms with E-state index in [4.69, 9.17) is 16.3 Å². The predicted octanol–water partition coefficient (Wildman–Crippen LogP) is 4.64. The fourth-order valence-electron chi connectivity index (χ4n) is 2.66. The molecule has 1 N–H and O–H groups in total. The third-order valence-electron chi connectivity index (χ3n) is 4.41. The van der Waals surface area contributed by atoms with Gasteiger partial charge in [0, 0.05) is 0 Å². The predicted molar refractivity (Wildman–Crippen MR) is 118 cm³/mol. The summed E-state index contributed by atoms with van der Waals surface area (Å²) in [5, 5.41) is 8.35. The van der Waals surface area contributed by atoms with Crippen LogP contribution < -0.4 is 15.7 Å². The summed E-state index contributed by atoms with van der Waals surface area (Å²) in [6.07, 6.45) is 3.13. The first kappa shape index (κ1) is 20.6. The molecule has 0 bridgehead atoms. The Morgan fingerprint density at radius 1 is 1.10 bits per heavy atom. The average molecular weight is 411 g/mol. The van der Waals surface area contributed by atoms with Crippen LogP contribution in [-0.4, -0.2) is 23.1 Å². The highest BCUT2D eigenvalue weighted by Crippen LogP contribution is 2.22. The van der Waals surface area contributed by atoms with Gasteiger partial charge in [0.05, 0.1) is 25.2 Å². The maximum absolute atomic E-state index is 12.6. The minimum atomic E-state index is -0.438. The van der Waals surface area contributed by atoms with E-state index in [1.54, 1.807) is 37.6 Å². The van der Waals surface area contributed by atoms with Crippen LogP contribution >= 0.6 is 11.6 Å². The quantitative estimate of drug-likeness (QED) is 0.491. The summed E-state index contributed by atoms with van der Waals surface area (Å²) in [7, 11) is 1.58. The molecule has 7 heteroatoms. The molecule has 1 heterocycles. The van der Waals surface area contributed by atoms with Gasteiger partial charge in [0.25, 0.3) is 5.56 Å². The van der Waals surface area contributed by atoms with Crippen molar-refractivity contribution in [1.82, 2.24) is 9.78 Å². The molecule has 3 aromatic rings. The van der Waals surface area contributed by atoms with Crippen molar-refractivity contribution < 1.29 is 4.74 Å². The van der Waals surface area contributed by atoms with Crippen LogP contribution in [0.15, 0.2) is 64.6 Å². The van der Waals surface area contributed by atoms with Gasteiger partial charge in [-0.05, 0) is 40.8 Å². The number of hydrazone groups is 1. The first-order valence-electron chi connectivity index (χ1n) is 9.11. The van der Waals surface area contributed by atoms with E-state index in [2.05, 4.69) is 48.5 Å². The van der Waals surface area contributed by atoms with E-state index in [0.29, 0.717) is 17.1 Å². The number of ether oxygens (including phenoxy) is 1. The molecule has 0 unspecified atom stereocenters. The number of anilines is 1. The molecule has 3 rings (SSSR count). The van der Waals surface area contributed by atoms with E-state index in [1.165, 1.54) is 16.4 Å². The van der Waals surface area contributed by atoms with Crippen LogP contribution in [0.4, 0.5) is 5.69 Å². The Hall–Kier alpha value is -3.12. The van der Waals surface area contributed by atoms with Gasteiger partial charge in [0.1, 0.15) is 16.5 Å². The van der Waals surface area contributed by atoms with Crippen molar-refractivity contribution in [1.29, 1.82) is 0 Å². The smallest absolute Gasteiger partial charge is 0.292 e. The Kier molecular flexibility index (Phi) is 6.03. The first-order valence-corrected chi connectivity index (χ1v) is 9.49. The molecule has 0 saturated heterocycles. The fraction of sp³-hybridized carbons (Fsp3) is 0.227. The van der Waals surface area contributed by atoms with Gasteiger partial charge < -0.3 is 4.74 Å². The van der Waals surface area contributed by atoms with E-state index < -0.39 is 5.56 Å². The maximum atomic E-state index is 12.6. The van der Waals surface area contributed by atoms with Crippen molar-refractivity contribution in [2.45, 2.75) is 26.2 Å². The highest BCUT2D eigenvalue weighted by molar-refractivity contribution is 6.32. The van der Waals surface area contributed by atoms with Crippen molar-refractivity contribution in [3.63, 3.8) is 0 Å². The normalized spacial score (nSPS) is 11.6. The lowest BCUT2D eigenvalue weighted by Crippen LogP contribution is -2.22. The van der Waals surface area contributed by atoms with Crippen LogP contribution in [0.1, 0.15) is 31.9 Å². The van der Waals surface area contributed by atoms with Crippen LogP contribution in [0, 0.1) is 0 Å². The number of benzene rings is 2. The van der Waals surface area contributed by atoms with Gasteiger partial charge in [0.15, 0.2) is 0 Å². The Morgan fingerprint density at radius 3 is 2.34 bits per heavy atom. The molecule has 150 valence electrons. The van der Waals surface area contributed by atoms with Crippen molar-refractivity contribution in [2.24, 2.45) is 5.10 Å². The summed E-state index contributed by atoms with van der Waals surface area (Å²) in [5.74, 6) is 0.691. The summed E-state index contributed by atoms with van der Waals surface area (Å²) >= 11 is 6.23. The molecule has 0 saturated carbocycles. The third-order valence-corrected chi connectivity index (χ3v) is 4.78. The zero-order chi connectivity index (χ0) is 21.0. The van der Waals surface area contributed by atoms with Crippen LogP contribution in [-0.2, 0) is 5.41 Å². The minimum Gasteiger partial charge on any atom is -0.497 e. The molecular weight excluding hydrogens is 388 g/mol. The van der Waals surface area contributed by atoms with Crippen LogP contribution in [0.5, 0.6) is 5.75 Å². The van der Waals surface area contributed by atoms with Gasteiger partial charge >= 0.3 is 0 Å². The molecule has 0 radical (unpaired) electrons. The summed E-state index contributed by atoms with van der Waals surface area (Å²) in [5.41, 5.74) is 5.55. The van der Waals surface area contributed by atoms with Crippen molar-refractivity contribution in [3.05, 3.63) is 81.2 Å². The molecule has 0 fully saturated rings. The molecule has 1 aromatic heterocycles. The minimum absolute atomic E-state index is 0.0102. The standard InChI is InChI=1S/C22H23ClN4O2/c1-22(2,3)16-7-5-15(6-8-16)13-24-26-19-14-25-27(21(28)20(19)23)17-9-11-18(29-4)12-10-17/h5-14,26H,1-4H3/b24-13-. The van der Waals surface area contributed by atoms with Crippen LogP contribution in [0.3, 0.4) is 0 Å². The fourth-order valence-corrected chi connectivity index (χ4v) is 2.83. The van der Waals surface area contributed by atoms with Crippen LogP contribution in [0.2, 0.25) is 5.02 Å². The van der Waals surface area contributed by atoms with E-state index >= 15 is 0 Å². The molecule has 0 spiro atoms. The second-order valence-corrected chi connectivity index (χ2v) is 7.91. The lowest BCUT2D eigenvalue weighted by molar-refractivity contribution is 0.414. The lowest BCUT2D eigenvalue weighted by atomic mass is 9.87. The summed E-state index contributed by atoms with van der Waals surface area (Å²) in [6, 6.07) is 15.1. The lowest BCUT2D eigenvalue weighted by Gasteiger charge is -2.18. The highest BCUT2D eigenvalue weighted by atomic mass is 35.5. The van der Waals surface area contributed by atoms with Crippen molar-refractivity contribution >= 4 is 23.5 Å². The van der Waals surface area contributed by atoms with Gasteiger partial charge in [-0.3, -0.25) is 10.2 Å². The number of rotatable bonds is 5. The van der Waals surface area contributed by atoms with Crippen molar-refractivity contribution in [3.8, 4) is 11.4 Å². The first-order chi connectivity index (χ1) is 13.8. The molecule has 0 atom stereocenters. The summed E-state index contributed by atoms with van der Waals surface area (Å²) in [6.45, 7) is 6.50. The summed E-state index contributed by atoms with van der Waals surface area (Å²) < 4.78 is 6.35. The molecule has 0 aliphatic carbocycles. The molecule has 29 heavy (non-hydrogen) atoms. The average Bonchev–Trinajstić information content (AvgIpc) is 2.71. The topological polar surface area (TPSA) is 68.5 Å². The monoisotopic (exact) mass is 410 g/mol. The van der Waals surface area contributed by atoms with E-state index in [-0.39, 0.29) is 10.4 Å². The Morgan fingerprint density at radius 2 is 1.76 bits per heavy atom. The second kappa shape index (κ2) is 8.49. The molecule has 0 aliphatic rings. The number of halogens is 1. The van der Waals surface area contributed by atoms with Crippen molar-refractivity contribution in [2.75, 3.05) is 12.5 Å². The SMILES string of the molecule is COc1ccc(-n2ncc(N/N=C\c3ccc(C(C)(C)C)cc3)c(Cl)c2=O)cc1. The van der Waals surface area contributed by atoms with Gasteiger partial charge in [-0.25, -0.2) is 0 Å². The summed E-state index contributed by atoms with van der Waals surface area (Å²) in [4.78, 5) is 12.6. The van der Waals surface area contributed by atoms with Gasteiger partial charge in [-0.2, -0.15) is 14.9 Å². The Labute approximate surface area is 174 Å². The molecular formula is C22H23ClN4O2. The number of nitrogens with zero attached hydrogens (tertiary/aromatic N) is 3. The molecule has 2 aromatic carbocycles. The van der Waals surface area contributed by atoms with Gasteiger partial charge in [-0.1, -0.05) is 56.6 Å². The third kappa shape index (κ3) is 4.84. The van der Waals surface area contributed by atoms with E-state index in [1.807, 2.05) is 12.1 Å². The van der Waals surface area contributed by atoms with E-state index in [0.717, 1.165) is 5.56 Å². The highest BCUT2D eigenvalue weighted by Gasteiger charge is 2.13. The number of methoxy groups -OCH3 is 1. The van der Waals surface area contributed by atoms with Crippen LogP contribution in [0.25, 0.3) is 5.69 Å². The second-order valence-electron chi connectivity index (χ2n) is 7.53. The number of nitrogens with one attached hydrogen (secondary N) is 1. The molecule has 0 aliphatic heterocycles.